The lowest BCUT2D eigenvalue weighted by atomic mass is 10.2. The molecule has 0 spiro atoms. The molecule has 0 aliphatic heterocycles. The number of aromatic amines is 1. The van der Waals surface area contributed by atoms with E-state index in [1.54, 1.807) is 55.7 Å². The Balaban J connectivity index is 1.90. The molecule has 27 heavy (non-hydrogen) atoms. The highest BCUT2D eigenvalue weighted by Gasteiger charge is 2.15. The maximum Gasteiger partial charge on any atom is 0.255 e. The SMILES string of the molecule is Cc1ccccc1[N-]S(=O)(=O)c1cc(C(=O)Nc2ccc[nH+]c2)ccc1Cl. The van der Waals surface area contributed by atoms with Crippen molar-refractivity contribution >= 4 is 38.9 Å². The van der Waals surface area contributed by atoms with Gasteiger partial charge < -0.3 is 10.0 Å². The van der Waals surface area contributed by atoms with Gasteiger partial charge in [-0.05, 0) is 31.2 Å². The van der Waals surface area contributed by atoms with Crippen LogP contribution in [0.1, 0.15) is 15.9 Å². The maximum absolute atomic E-state index is 12.7. The lowest BCUT2D eigenvalue weighted by molar-refractivity contribution is -0.377. The summed E-state index contributed by atoms with van der Waals surface area (Å²) >= 11 is 6.08. The summed E-state index contributed by atoms with van der Waals surface area (Å²) in [6.45, 7) is 1.76. The number of pyridine rings is 1. The van der Waals surface area contributed by atoms with E-state index in [1.807, 2.05) is 0 Å². The number of hydrogen-bond acceptors (Lipinski definition) is 3. The van der Waals surface area contributed by atoms with Crippen molar-refractivity contribution in [1.82, 2.24) is 0 Å². The average molecular weight is 402 g/mol. The topological polar surface area (TPSA) is 91.5 Å². The van der Waals surface area contributed by atoms with E-state index in [4.69, 9.17) is 11.6 Å². The molecule has 138 valence electrons. The molecule has 3 aromatic rings. The summed E-state index contributed by atoms with van der Waals surface area (Å²) in [4.78, 5) is 15.0. The monoisotopic (exact) mass is 401 g/mol. The van der Waals surface area contributed by atoms with Crippen molar-refractivity contribution in [3.63, 3.8) is 0 Å². The maximum atomic E-state index is 12.7. The van der Waals surface area contributed by atoms with Gasteiger partial charge in [0.15, 0.2) is 12.4 Å². The summed E-state index contributed by atoms with van der Waals surface area (Å²) in [7, 11) is -4.09. The Morgan fingerprint density at radius 3 is 2.59 bits per heavy atom. The largest absolute Gasteiger partial charge is 0.572 e. The van der Waals surface area contributed by atoms with Gasteiger partial charge in [-0.2, -0.15) is 0 Å². The summed E-state index contributed by atoms with van der Waals surface area (Å²) in [6, 6.07) is 14.3. The van der Waals surface area contributed by atoms with E-state index in [2.05, 4.69) is 15.0 Å². The zero-order valence-corrected chi connectivity index (χ0v) is 15.9. The molecule has 2 N–H and O–H groups in total. The molecule has 1 heterocycles. The summed E-state index contributed by atoms with van der Waals surface area (Å²) in [5.41, 5.74) is 1.74. The molecule has 0 fully saturated rings. The summed E-state index contributed by atoms with van der Waals surface area (Å²) in [5.74, 6) is -0.460. The van der Waals surface area contributed by atoms with Gasteiger partial charge in [0.2, 0.25) is 0 Å². The number of aryl methyl sites for hydroxylation is 1. The molecule has 8 heteroatoms. The third-order valence-corrected chi connectivity index (χ3v) is 5.54. The van der Waals surface area contributed by atoms with Gasteiger partial charge in [-0.25, -0.2) is 13.4 Å². The quantitative estimate of drug-likeness (QED) is 0.697. The van der Waals surface area contributed by atoms with Crippen LogP contribution in [0.3, 0.4) is 0 Å². The number of nitrogens with zero attached hydrogens (tertiary/aromatic N) is 1. The number of carbonyl (C=O) groups is 1. The molecule has 2 aromatic carbocycles. The van der Waals surface area contributed by atoms with Crippen LogP contribution < -0.4 is 10.3 Å². The van der Waals surface area contributed by atoms with Gasteiger partial charge in [0.05, 0.1) is 9.92 Å². The Morgan fingerprint density at radius 1 is 1.11 bits per heavy atom. The molecule has 1 aromatic heterocycles. The van der Waals surface area contributed by atoms with Crippen LogP contribution in [0.25, 0.3) is 4.72 Å². The number of H-pyrrole nitrogens is 1. The van der Waals surface area contributed by atoms with Crippen LogP contribution in [0, 0.1) is 6.92 Å². The minimum absolute atomic E-state index is 0.00284. The average Bonchev–Trinajstić information content (AvgIpc) is 2.64. The van der Waals surface area contributed by atoms with Crippen LogP contribution in [-0.2, 0) is 10.0 Å². The molecule has 1 amide bonds. The second kappa shape index (κ2) is 7.77. The number of aromatic nitrogens is 1. The molecule has 0 aliphatic rings. The highest BCUT2D eigenvalue weighted by molar-refractivity contribution is 7.94. The van der Waals surface area contributed by atoms with Gasteiger partial charge in [-0.15, -0.1) is 5.69 Å². The summed E-state index contributed by atoms with van der Waals surface area (Å²) < 4.78 is 29.3. The molecule has 0 saturated carbocycles. The fraction of sp³-hybridized carbons (Fsp3) is 0.0526. The first-order valence-electron chi connectivity index (χ1n) is 7.97. The third-order valence-electron chi connectivity index (χ3n) is 3.77. The van der Waals surface area contributed by atoms with E-state index in [9.17, 15) is 13.2 Å². The molecule has 0 atom stereocenters. The van der Waals surface area contributed by atoms with Crippen LogP contribution in [0.4, 0.5) is 11.4 Å². The predicted molar refractivity (Wildman–Crippen MR) is 104 cm³/mol. The minimum atomic E-state index is -4.09. The first kappa shape index (κ1) is 18.9. The smallest absolute Gasteiger partial charge is 0.255 e. The normalized spacial score (nSPS) is 11.0. The molecule has 3 rings (SSSR count). The first-order chi connectivity index (χ1) is 12.9. The van der Waals surface area contributed by atoms with Gasteiger partial charge in [0, 0.05) is 11.6 Å². The van der Waals surface area contributed by atoms with Crippen LogP contribution >= 0.6 is 11.6 Å². The first-order valence-corrected chi connectivity index (χ1v) is 9.79. The highest BCUT2D eigenvalue weighted by atomic mass is 35.5. The van der Waals surface area contributed by atoms with Gasteiger partial charge in [0.1, 0.15) is 15.7 Å². The van der Waals surface area contributed by atoms with Crippen LogP contribution in [-0.4, -0.2) is 14.3 Å². The Kier molecular flexibility index (Phi) is 5.43. The number of rotatable bonds is 5. The van der Waals surface area contributed by atoms with Crippen LogP contribution in [0.15, 0.2) is 71.9 Å². The zero-order valence-electron chi connectivity index (χ0n) is 14.3. The van der Waals surface area contributed by atoms with Gasteiger partial charge >= 0.3 is 0 Å². The Labute approximate surface area is 162 Å². The Bertz CT molecular complexity index is 1090. The number of hydrogen-bond donors (Lipinski definition) is 1. The molecule has 6 nitrogen and oxygen atoms in total. The lowest BCUT2D eigenvalue weighted by Gasteiger charge is -2.24. The molecule has 0 radical (unpaired) electrons. The van der Waals surface area contributed by atoms with Crippen molar-refractivity contribution in [3.05, 3.63) is 87.9 Å². The second-order valence-electron chi connectivity index (χ2n) is 5.74. The van der Waals surface area contributed by atoms with Crippen molar-refractivity contribution in [2.45, 2.75) is 11.8 Å². The number of carbonyl (C=O) groups excluding carboxylic acids is 1. The molecule has 0 saturated heterocycles. The van der Waals surface area contributed by atoms with Crippen molar-refractivity contribution in [3.8, 4) is 0 Å². The number of nitrogens with one attached hydrogen (secondary N) is 2. The summed E-state index contributed by atoms with van der Waals surface area (Å²) in [5, 5.41) is 2.67. The molecular weight excluding hydrogens is 386 g/mol. The number of benzene rings is 2. The van der Waals surface area contributed by atoms with Crippen molar-refractivity contribution in [1.29, 1.82) is 0 Å². The molecule has 0 bridgehead atoms. The van der Waals surface area contributed by atoms with E-state index in [-0.39, 0.29) is 15.5 Å². The van der Waals surface area contributed by atoms with E-state index in [0.29, 0.717) is 16.9 Å². The minimum Gasteiger partial charge on any atom is -0.572 e. The van der Waals surface area contributed by atoms with E-state index in [1.165, 1.54) is 18.2 Å². The van der Waals surface area contributed by atoms with Crippen molar-refractivity contribution in [2.24, 2.45) is 0 Å². The van der Waals surface area contributed by atoms with E-state index >= 15 is 0 Å². The highest BCUT2D eigenvalue weighted by Crippen LogP contribution is 2.34. The third kappa shape index (κ3) is 4.45. The number of sulfonamides is 1. The fourth-order valence-corrected chi connectivity index (χ4v) is 3.92. The van der Waals surface area contributed by atoms with Crippen molar-refractivity contribution in [2.75, 3.05) is 5.32 Å². The van der Waals surface area contributed by atoms with Crippen molar-refractivity contribution < 1.29 is 18.2 Å². The fourth-order valence-electron chi connectivity index (χ4n) is 2.36. The number of anilines is 1. The Morgan fingerprint density at radius 2 is 1.89 bits per heavy atom. The van der Waals surface area contributed by atoms with Gasteiger partial charge in [0.25, 0.3) is 5.91 Å². The zero-order chi connectivity index (χ0) is 19.4. The van der Waals surface area contributed by atoms with Crippen LogP contribution in [0.2, 0.25) is 5.02 Å². The second-order valence-corrected chi connectivity index (χ2v) is 7.72. The summed E-state index contributed by atoms with van der Waals surface area (Å²) in [6.07, 6.45) is 3.31. The molecule has 0 aliphatic carbocycles. The van der Waals surface area contributed by atoms with E-state index < -0.39 is 15.9 Å². The Hall–Kier alpha value is -2.90. The lowest BCUT2D eigenvalue weighted by Crippen LogP contribution is -2.14. The van der Waals surface area contributed by atoms with Gasteiger partial charge in [-0.3, -0.25) is 4.79 Å². The molecule has 0 unspecified atom stereocenters. The van der Waals surface area contributed by atoms with Crippen LogP contribution in [0.5, 0.6) is 0 Å². The van der Waals surface area contributed by atoms with E-state index in [0.717, 1.165) is 0 Å². The van der Waals surface area contributed by atoms with Gasteiger partial charge in [-0.1, -0.05) is 41.4 Å². The number of halogens is 1. The predicted octanol–water partition coefficient (Wildman–Crippen LogP) is 4.11. The molecular formula is C19H16ClN3O3S. The number of amides is 1. The standard InChI is InChI=1S/C19H15ClN3O3S/c1-13-5-2-3-7-17(13)23-27(25,26)18-11-14(8-9-16(18)20)19(24)22-15-6-4-10-21-12-15/h2-12H,1H3,(H,22,24)/q-1/p+1.